The number of nitrogens with zero attached hydrogens (tertiary/aromatic N) is 1. The Hall–Kier alpha value is -2.17. The zero-order valence-electron chi connectivity index (χ0n) is 11.8. The standard InChI is InChI=1S/C17H15ClN2O2/c18-13-8-6-12(7-9-13)11-19-15-10-16(21)20(17(15)22)14-4-2-1-3-5-14/h1-9,15,19H,10-11H2/t15-/m1/s1. The molecule has 1 fully saturated rings. The molecule has 1 saturated heterocycles. The van der Waals surface area contributed by atoms with Gasteiger partial charge in [0.15, 0.2) is 0 Å². The topological polar surface area (TPSA) is 49.4 Å². The molecule has 2 aromatic rings. The van der Waals surface area contributed by atoms with Gasteiger partial charge in [0, 0.05) is 11.6 Å². The van der Waals surface area contributed by atoms with Gasteiger partial charge in [-0.2, -0.15) is 0 Å². The van der Waals surface area contributed by atoms with E-state index in [9.17, 15) is 9.59 Å². The van der Waals surface area contributed by atoms with Crippen molar-refractivity contribution in [3.8, 4) is 0 Å². The highest BCUT2D eigenvalue weighted by Gasteiger charge is 2.39. The Kier molecular flexibility index (Phi) is 4.22. The number of halogens is 1. The molecule has 1 N–H and O–H groups in total. The number of benzene rings is 2. The van der Waals surface area contributed by atoms with Crippen molar-refractivity contribution in [3.05, 3.63) is 65.2 Å². The zero-order chi connectivity index (χ0) is 15.5. The molecule has 22 heavy (non-hydrogen) atoms. The quantitative estimate of drug-likeness (QED) is 0.883. The molecule has 1 heterocycles. The number of carbonyl (C=O) groups is 2. The van der Waals surface area contributed by atoms with E-state index >= 15 is 0 Å². The Balaban J connectivity index is 1.68. The summed E-state index contributed by atoms with van der Waals surface area (Å²) in [6, 6.07) is 15.9. The first-order valence-electron chi connectivity index (χ1n) is 7.05. The third-order valence-corrected chi connectivity index (χ3v) is 3.88. The molecule has 0 unspecified atom stereocenters. The van der Waals surface area contributed by atoms with Crippen LogP contribution in [0.5, 0.6) is 0 Å². The van der Waals surface area contributed by atoms with Crippen LogP contribution in [0.15, 0.2) is 54.6 Å². The van der Waals surface area contributed by atoms with Crippen molar-refractivity contribution < 1.29 is 9.59 Å². The van der Waals surface area contributed by atoms with Crippen molar-refractivity contribution in [2.45, 2.75) is 19.0 Å². The van der Waals surface area contributed by atoms with E-state index < -0.39 is 6.04 Å². The van der Waals surface area contributed by atoms with Crippen molar-refractivity contribution in [2.75, 3.05) is 4.90 Å². The fraction of sp³-hybridized carbons (Fsp3) is 0.176. The SMILES string of the molecule is O=C1C[C@@H](NCc2ccc(Cl)cc2)C(=O)N1c1ccccc1. The summed E-state index contributed by atoms with van der Waals surface area (Å²) in [4.78, 5) is 25.8. The van der Waals surface area contributed by atoms with Crippen LogP contribution < -0.4 is 10.2 Å². The predicted molar refractivity (Wildman–Crippen MR) is 85.6 cm³/mol. The Labute approximate surface area is 133 Å². The lowest BCUT2D eigenvalue weighted by molar-refractivity contribution is -0.121. The smallest absolute Gasteiger partial charge is 0.251 e. The van der Waals surface area contributed by atoms with Gasteiger partial charge >= 0.3 is 0 Å². The summed E-state index contributed by atoms with van der Waals surface area (Å²) in [6.45, 7) is 0.517. The van der Waals surface area contributed by atoms with Gasteiger partial charge in [0.05, 0.1) is 18.2 Å². The van der Waals surface area contributed by atoms with Crippen LogP contribution in [0.25, 0.3) is 0 Å². The van der Waals surface area contributed by atoms with Gasteiger partial charge in [-0.15, -0.1) is 0 Å². The fourth-order valence-electron chi connectivity index (χ4n) is 2.48. The second-order valence-corrected chi connectivity index (χ2v) is 5.60. The molecule has 4 nitrogen and oxygen atoms in total. The summed E-state index contributed by atoms with van der Waals surface area (Å²) in [5.41, 5.74) is 1.64. The van der Waals surface area contributed by atoms with Crippen molar-refractivity contribution in [2.24, 2.45) is 0 Å². The number of rotatable bonds is 4. The lowest BCUT2D eigenvalue weighted by atomic mass is 10.2. The van der Waals surface area contributed by atoms with E-state index in [-0.39, 0.29) is 18.2 Å². The molecule has 1 atom stereocenters. The summed E-state index contributed by atoms with van der Waals surface area (Å²) >= 11 is 5.84. The van der Waals surface area contributed by atoms with Crippen LogP contribution in [0, 0.1) is 0 Å². The molecule has 1 aliphatic rings. The van der Waals surface area contributed by atoms with Gasteiger partial charge in [-0.25, -0.2) is 4.90 Å². The highest BCUT2D eigenvalue weighted by molar-refractivity contribution is 6.30. The number of carbonyl (C=O) groups excluding carboxylic acids is 2. The third-order valence-electron chi connectivity index (χ3n) is 3.63. The number of imide groups is 1. The van der Waals surface area contributed by atoms with Crippen LogP contribution in [-0.4, -0.2) is 17.9 Å². The second-order valence-electron chi connectivity index (χ2n) is 5.17. The highest BCUT2D eigenvalue weighted by Crippen LogP contribution is 2.22. The number of para-hydroxylation sites is 1. The predicted octanol–water partition coefficient (Wildman–Crippen LogP) is 2.76. The molecule has 0 saturated carbocycles. The van der Waals surface area contributed by atoms with Crippen molar-refractivity contribution in [3.63, 3.8) is 0 Å². The number of hydrogen-bond donors (Lipinski definition) is 1. The molecule has 2 aromatic carbocycles. The Morgan fingerprint density at radius 2 is 1.73 bits per heavy atom. The Bertz CT molecular complexity index is 686. The number of hydrogen-bond acceptors (Lipinski definition) is 3. The second kappa shape index (κ2) is 6.30. The van der Waals surface area contributed by atoms with E-state index in [1.54, 1.807) is 24.3 Å². The first-order chi connectivity index (χ1) is 10.6. The lowest BCUT2D eigenvalue weighted by Gasteiger charge is -2.15. The molecular weight excluding hydrogens is 300 g/mol. The van der Waals surface area contributed by atoms with Crippen LogP contribution in [0.4, 0.5) is 5.69 Å². The molecule has 2 amide bonds. The van der Waals surface area contributed by atoms with Gasteiger partial charge in [0.1, 0.15) is 0 Å². The van der Waals surface area contributed by atoms with Crippen molar-refractivity contribution >= 4 is 29.1 Å². The summed E-state index contributed by atoms with van der Waals surface area (Å²) in [5, 5.41) is 3.81. The third kappa shape index (κ3) is 3.03. The Morgan fingerprint density at radius 3 is 2.41 bits per heavy atom. The van der Waals surface area contributed by atoms with Crippen molar-refractivity contribution in [1.82, 2.24) is 5.32 Å². The normalized spacial score (nSPS) is 18.0. The molecule has 3 rings (SSSR count). The van der Waals surface area contributed by atoms with Gasteiger partial charge in [-0.3, -0.25) is 9.59 Å². The summed E-state index contributed by atoms with van der Waals surface area (Å²) < 4.78 is 0. The largest absolute Gasteiger partial charge is 0.301 e. The van der Waals surface area contributed by atoms with E-state index in [0.717, 1.165) is 5.56 Å². The van der Waals surface area contributed by atoms with Crippen LogP contribution in [-0.2, 0) is 16.1 Å². The van der Waals surface area contributed by atoms with Crippen molar-refractivity contribution in [1.29, 1.82) is 0 Å². The number of nitrogens with one attached hydrogen (secondary N) is 1. The summed E-state index contributed by atoms with van der Waals surface area (Å²) in [7, 11) is 0. The van der Waals surface area contributed by atoms with E-state index in [1.807, 2.05) is 30.3 Å². The van der Waals surface area contributed by atoms with Gasteiger partial charge in [-0.05, 0) is 29.8 Å². The fourth-order valence-corrected chi connectivity index (χ4v) is 2.61. The van der Waals surface area contributed by atoms with Gasteiger partial charge in [-0.1, -0.05) is 41.9 Å². The van der Waals surface area contributed by atoms with Crippen LogP contribution in [0.3, 0.4) is 0 Å². The zero-order valence-corrected chi connectivity index (χ0v) is 12.6. The molecule has 0 aromatic heterocycles. The molecule has 1 aliphatic heterocycles. The lowest BCUT2D eigenvalue weighted by Crippen LogP contribution is -2.38. The average molecular weight is 315 g/mol. The molecule has 0 bridgehead atoms. The van der Waals surface area contributed by atoms with Gasteiger partial charge < -0.3 is 5.32 Å². The first-order valence-corrected chi connectivity index (χ1v) is 7.42. The summed E-state index contributed by atoms with van der Waals surface area (Å²) in [6.07, 6.45) is 0.182. The first kappa shape index (κ1) is 14.8. The van der Waals surface area contributed by atoms with Crippen LogP contribution >= 0.6 is 11.6 Å². The maximum atomic E-state index is 12.4. The van der Waals surface area contributed by atoms with Crippen LogP contribution in [0.2, 0.25) is 5.02 Å². The van der Waals surface area contributed by atoms with Gasteiger partial charge in [0.25, 0.3) is 5.91 Å². The maximum absolute atomic E-state index is 12.4. The molecular formula is C17H15ClN2O2. The highest BCUT2D eigenvalue weighted by atomic mass is 35.5. The summed E-state index contributed by atoms with van der Waals surface area (Å²) in [5.74, 6) is -0.380. The monoisotopic (exact) mass is 314 g/mol. The van der Waals surface area contributed by atoms with E-state index in [0.29, 0.717) is 17.3 Å². The minimum Gasteiger partial charge on any atom is -0.301 e. The maximum Gasteiger partial charge on any atom is 0.251 e. The minimum atomic E-state index is -0.483. The van der Waals surface area contributed by atoms with Crippen LogP contribution in [0.1, 0.15) is 12.0 Å². The number of amides is 2. The van der Waals surface area contributed by atoms with E-state index in [2.05, 4.69) is 5.32 Å². The van der Waals surface area contributed by atoms with E-state index in [4.69, 9.17) is 11.6 Å². The molecule has 0 radical (unpaired) electrons. The Morgan fingerprint density at radius 1 is 1.05 bits per heavy atom. The van der Waals surface area contributed by atoms with Gasteiger partial charge in [0.2, 0.25) is 5.91 Å². The van der Waals surface area contributed by atoms with E-state index in [1.165, 1.54) is 4.90 Å². The molecule has 0 aliphatic carbocycles. The number of anilines is 1. The molecule has 112 valence electrons. The minimum absolute atomic E-state index is 0.176. The molecule has 5 heteroatoms. The molecule has 0 spiro atoms. The average Bonchev–Trinajstić information content (AvgIpc) is 2.82.